The summed E-state index contributed by atoms with van der Waals surface area (Å²) < 4.78 is 0. The summed E-state index contributed by atoms with van der Waals surface area (Å²) in [4.78, 5) is 10.3. The fraction of sp³-hybridized carbons (Fsp3) is 0.500. The van der Waals surface area contributed by atoms with Crippen LogP contribution >= 0.6 is 11.6 Å². The monoisotopic (exact) mass is 256 g/mol. The Morgan fingerprint density at radius 1 is 1.47 bits per heavy atom. The van der Waals surface area contributed by atoms with Crippen molar-refractivity contribution in [2.45, 2.75) is 38.6 Å². The molecule has 0 aliphatic rings. The lowest BCUT2D eigenvalue weighted by Gasteiger charge is -2.11. The largest absolute Gasteiger partial charge is 0.324 e. The first-order chi connectivity index (χ1) is 8.06. The zero-order chi connectivity index (χ0) is 12.8. The van der Waals surface area contributed by atoms with Crippen molar-refractivity contribution < 1.29 is 4.92 Å². The first-order valence-corrected chi connectivity index (χ1v) is 6.13. The number of unbranched alkanes of at least 4 members (excludes halogenated alkanes) is 2. The van der Waals surface area contributed by atoms with Crippen molar-refractivity contribution >= 4 is 17.3 Å². The van der Waals surface area contributed by atoms with Crippen LogP contribution in [0.3, 0.4) is 0 Å². The number of nitro benzene ring substituents is 1. The summed E-state index contributed by atoms with van der Waals surface area (Å²) in [6.07, 6.45) is 4.14. The summed E-state index contributed by atoms with van der Waals surface area (Å²) >= 11 is 5.74. The van der Waals surface area contributed by atoms with Crippen molar-refractivity contribution in [1.29, 1.82) is 0 Å². The molecule has 0 bridgehead atoms. The molecule has 17 heavy (non-hydrogen) atoms. The van der Waals surface area contributed by atoms with E-state index in [0.717, 1.165) is 31.2 Å². The summed E-state index contributed by atoms with van der Waals surface area (Å²) in [5.74, 6) is 0. The molecule has 0 spiro atoms. The second kappa shape index (κ2) is 6.57. The van der Waals surface area contributed by atoms with Gasteiger partial charge < -0.3 is 5.73 Å². The Kier molecular flexibility index (Phi) is 5.38. The number of nitrogens with two attached hydrogens (primary N) is 1. The number of rotatable bonds is 6. The molecule has 1 rings (SSSR count). The van der Waals surface area contributed by atoms with E-state index < -0.39 is 4.92 Å². The highest BCUT2D eigenvalue weighted by molar-refractivity contribution is 6.32. The molecule has 1 aromatic rings. The molecular formula is C12H17ClN2O2. The van der Waals surface area contributed by atoms with Crippen LogP contribution in [0.2, 0.25) is 5.02 Å². The second-order valence-electron chi connectivity index (χ2n) is 4.07. The van der Waals surface area contributed by atoms with Gasteiger partial charge in [-0.2, -0.15) is 0 Å². The standard InChI is InChI=1S/C12H17ClN2O2/c1-2-3-4-5-11(14)9-6-7-10(13)12(8-9)15(16)17/h6-8,11H,2-5,14H2,1H3/t11-/m0/s1. The first kappa shape index (κ1) is 13.9. The van der Waals surface area contributed by atoms with E-state index in [4.69, 9.17) is 17.3 Å². The molecule has 0 aromatic heterocycles. The molecule has 0 fully saturated rings. The zero-order valence-electron chi connectivity index (χ0n) is 9.86. The van der Waals surface area contributed by atoms with E-state index >= 15 is 0 Å². The fourth-order valence-corrected chi connectivity index (χ4v) is 1.87. The average molecular weight is 257 g/mol. The molecule has 94 valence electrons. The van der Waals surface area contributed by atoms with Crippen LogP contribution in [-0.2, 0) is 0 Å². The molecule has 1 aromatic carbocycles. The van der Waals surface area contributed by atoms with Crippen molar-refractivity contribution in [2.24, 2.45) is 5.73 Å². The van der Waals surface area contributed by atoms with E-state index in [1.165, 1.54) is 12.1 Å². The van der Waals surface area contributed by atoms with Gasteiger partial charge in [0.05, 0.1) is 4.92 Å². The van der Waals surface area contributed by atoms with Crippen molar-refractivity contribution in [1.82, 2.24) is 0 Å². The predicted molar refractivity (Wildman–Crippen MR) is 69.2 cm³/mol. The Morgan fingerprint density at radius 2 is 2.18 bits per heavy atom. The molecule has 0 radical (unpaired) electrons. The second-order valence-corrected chi connectivity index (χ2v) is 4.48. The maximum atomic E-state index is 10.7. The predicted octanol–water partition coefficient (Wildman–Crippen LogP) is 3.83. The number of nitro groups is 1. The van der Waals surface area contributed by atoms with E-state index in [1.54, 1.807) is 6.07 Å². The van der Waals surface area contributed by atoms with Gasteiger partial charge in [-0.25, -0.2) is 0 Å². The molecule has 2 N–H and O–H groups in total. The van der Waals surface area contributed by atoms with Gasteiger partial charge in [0, 0.05) is 12.1 Å². The van der Waals surface area contributed by atoms with Gasteiger partial charge >= 0.3 is 0 Å². The topological polar surface area (TPSA) is 69.2 Å². The Balaban J connectivity index is 2.77. The minimum Gasteiger partial charge on any atom is -0.324 e. The van der Waals surface area contributed by atoms with Gasteiger partial charge in [-0.05, 0) is 18.1 Å². The molecule has 0 saturated heterocycles. The Bertz CT molecular complexity index is 396. The van der Waals surface area contributed by atoms with Crippen LogP contribution in [0.5, 0.6) is 0 Å². The lowest BCUT2D eigenvalue weighted by Crippen LogP contribution is -2.10. The molecule has 0 aliphatic heterocycles. The van der Waals surface area contributed by atoms with Crippen LogP contribution in [0, 0.1) is 10.1 Å². The van der Waals surface area contributed by atoms with E-state index in [2.05, 4.69) is 6.92 Å². The van der Waals surface area contributed by atoms with Crippen LogP contribution in [-0.4, -0.2) is 4.92 Å². The molecule has 1 atom stereocenters. The first-order valence-electron chi connectivity index (χ1n) is 5.75. The molecule has 0 amide bonds. The Labute approximate surface area is 106 Å². The highest BCUT2D eigenvalue weighted by atomic mass is 35.5. The third-order valence-corrected chi connectivity index (χ3v) is 3.03. The van der Waals surface area contributed by atoms with Gasteiger partial charge in [-0.1, -0.05) is 43.9 Å². The summed E-state index contributed by atoms with van der Waals surface area (Å²) in [5.41, 5.74) is 6.69. The highest BCUT2D eigenvalue weighted by Gasteiger charge is 2.15. The number of hydrogen-bond acceptors (Lipinski definition) is 3. The lowest BCUT2D eigenvalue weighted by molar-refractivity contribution is -0.384. The van der Waals surface area contributed by atoms with Crippen molar-refractivity contribution in [3.63, 3.8) is 0 Å². The van der Waals surface area contributed by atoms with E-state index in [-0.39, 0.29) is 16.8 Å². The maximum Gasteiger partial charge on any atom is 0.288 e. The minimum atomic E-state index is -0.482. The number of nitrogens with zero attached hydrogens (tertiary/aromatic N) is 1. The van der Waals surface area contributed by atoms with E-state index in [0.29, 0.717) is 0 Å². The summed E-state index contributed by atoms with van der Waals surface area (Å²) in [6, 6.07) is 4.61. The van der Waals surface area contributed by atoms with Crippen LogP contribution in [0.25, 0.3) is 0 Å². The van der Waals surface area contributed by atoms with Gasteiger partial charge in [0.2, 0.25) is 0 Å². The highest BCUT2D eigenvalue weighted by Crippen LogP contribution is 2.28. The average Bonchev–Trinajstić information content (AvgIpc) is 2.29. The molecule has 0 unspecified atom stereocenters. The molecule has 4 nitrogen and oxygen atoms in total. The van der Waals surface area contributed by atoms with Crippen LogP contribution in [0.15, 0.2) is 18.2 Å². The molecule has 5 heteroatoms. The third-order valence-electron chi connectivity index (χ3n) is 2.71. The van der Waals surface area contributed by atoms with Crippen molar-refractivity contribution in [2.75, 3.05) is 0 Å². The third kappa shape index (κ3) is 3.98. The van der Waals surface area contributed by atoms with Gasteiger partial charge in [0.1, 0.15) is 5.02 Å². The lowest BCUT2D eigenvalue weighted by atomic mass is 10.0. The number of halogens is 1. The smallest absolute Gasteiger partial charge is 0.288 e. The van der Waals surface area contributed by atoms with Gasteiger partial charge in [-0.15, -0.1) is 0 Å². The number of hydrogen-bond donors (Lipinski definition) is 1. The maximum absolute atomic E-state index is 10.7. The molecule has 0 saturated carbocycles. The van der Waals surface area contributed by atoms with Gasteiger partial charge in [0.25, 0.3) is 5.69 Å². The quantitative estimate of drug-likeness (QED) is 0.478. The summed E-state index contributed by atoms with van der Waals surface area (Å²) in [6.45, 7) is 2.12. The van der Waals surface area contributed by atoms with E-state index in [9.17, 15) is 10.1 Å². The summed E-state index contributed by atoms with van der Waals surface area (Å²) in [7, 11) is 0. The normalized spacial score (nSPS) is 12.4. The van der Waals surface area contributed by atoms with Crippen LogP contribution < -0.4 is 5.73 Å². The number of benzene rings is 1. The molecule has 0 aliphatic carbocycles. The Morgan fingerprint density at radius 3 is 2.76 bits per heavy atom. The fourth-order valence-electron chi connectivity index (χ4n) is 1.68. The molecular weight excluding hydrogens is 240 g/mol. The van der Waals surface area contributed by atoms with Crippen LogP contribution in [0.4, 0.5) is 5.69 Å². The Hall–Kier alpha value is -1.13. The van der Waals surface area contributed by atoms with Crippen LogP contribution in [0.1, 0.15) is 44.2 Å². The minimum absolute atomic E-state index is 0.0740. The van der Waals surface area contributed by atoms with Gasteiger partial charge in [-0.3, -0.25) is 10.1 Å². The summed E-state index contributed by atoms with van der Waals surface area (Å²) in [5, 5.41) is 10.9. The SMILES string of the molecule is CCCCC[C@H](N)c1ccc(Cl)c([N+](=O)[O-])c1. The van der Waals surface area contributed by atoms with E-state index in [1.807, 2.05) is 0 Å². The van der Waals surface area contributed by atoms with Crippen molar-refractivity contribution in [3.05, 3.63) is 38.9 Å². The zero-order valence-corrected chi connectivity index (χ0v) is 10.6. The molecule has 0 heterocycles. The van der Waals surface area contributed by atoms with Gasteiger partial charge in [0.15, 0.2) is 0 Å². The van der Waals surface area contributed by atoms with Crippen molar-refractivity contribution in [3.8, 4) is 0 Å².